The van der Waals surface area contributed by atoms with Crippen LogP contribution in [0.5, 0.6) is 0 Å². The van der Waals surface area contributed by atoms with Gasteiger partial charge in [0.25, 0.3) is 0 Å². The molecule has 0 saturated heterocycles. The Morgan fingerprint density at radius 3 is 1.57 bits per heavy atom. The van der Waals surface area contributed by atoms with E-state index < -0.39 is 0 Å². The van der Waals surface area contributed by atoms with Crippen molar-refractivity contribution in [2.75, 3.05) is 0 Å². The van der Waals surface area contributed by atoms with E-state index in [1.807, 2.05) is 0 Å². The Morgan fingerprint density at radius 1 is 0.929 bits per heavy atom. The van der Waals surface area contributed by atoms with Crippen molar-refractivity contribution in [1.29, 1.82) is 0 Å². The van der Waals surface area contributed by atoms with Crippen LogP contribution in [-0.4, -0.2) is 12.1 Å². The van der Waals surface area contributed by atoms with Gasteiger partial charge < -0.3 is 0 Å². The van der Waals surface area contributed by atoms with Crippen molar-refractivity contribution in [2.24, 2.45) is 22.1 Å². The van der Waals surface area contributed by atoms with Crippen LogP contribution in [0.25, 0.3) is 20.9 Å². The average Bonchev–Trinajstić information content (AvgIpc) is 2.14. The van der Waals surface area contributed by atoms with Crippen molar-refractivity contribution < 1.29 is 0 Å². The molecule has 0 heterocycles. The first-order valence-electron chi connectivity index (χ1n) is 4.77. The van der Waals surface area contributed by atoms with E-state index in [4.69, 9.17) is 11.1 Å². The first-order valence-corrected chi connectivity index (χ1v) is 4.77. The van der Waals surface area contributed by atoms with E-state index in [2.05, 4.69) is 33.9 Å². The summed E-state index contributed by atoms with van der Waals surface area (Å²) in [6, 6.07) is -0.329. The van der Waals surface area contributed by atoms with Crippen LogP contribution in [0.15, 0.2) is 10.2 Å². The lowest BCUT2D eigenvalue weighted by atomic mass is 9.77. The van der Waals surface area contributed by atoms with Crippen LogP contribution in [0.2, 0.25) is 0 Å². The molecule has 0 spiro atoms. The first-order chi connectivity index (χ1) is 6.69. The van der Waals surface area contributed by atoms with Gasteiger partial charge in [0.2, 0.25) is 0 Å². The summed E-state index contributed by atoms with van der Waals surface area (Å²) in [7, 11) is 0. The highest BCUT2D eigenvalue weighted by Crippen LogP contribution is 2.33. The maximum atomic E-state index is 8.38. The van der Waals surface area contributed by atoms with Gasteiger partial charge in [-0.2, -0.15) is 0 Å². The predicted molar refractivity (Wildman–Crippen MR) is 53.4 cm³/mol. The predicted octanol–water partition coefficient (Wildman–Crippen LogP) is 3.41. The summed E-state index contributed by atoms with van der Waals surface area (Å²) in [6.07, 6.45) is 1.63. The van der Waals surface area contributed by atoms with Gasteiger partial charge >= 0.3 is 0 Å². The van der Waals surface area contributed by atoms with Crippen molar-refractivity contribution in [2.45, 2.75) is 38.8 Å². The smallest absolute Gasteiger partial charge is 0.0461 e. The van der Waals surface area contributed by atoms with E-state index in [0.29, 0.717) is 11.8 Å². The van der Waals surface area contributed by atoms with E-state index in [-0.39, 0.29) is 12.1 Å². The quantitative estimate of drug-likeness (QED) is 0.365. The van der Waals surface area contributed by atoms with Gasteiger partial charge in [-0.3, -0.25) is 0 Å². The molecular formula is C8H14N6. The lowest BCUT2D eigenvalue weighted by Gasteiger charge is -2.34. The molecule has 0 aliphatic heterocycles. The van der Waals surface area contributed by atoms with E-state index in [9.17, 15) is 0 Å². The van der Waals surface area contributed by atoms with Gasteiger partial charge in [-0.25, -0.2) is 0 Å². The van der Waals surface area contributed by atoms with Crippen molar-refractivity contribution in [3.05, 3.63) is 20.9 Å². The highest BCUT2D eigenvalue weighted by atomic mass is 15.2. The van der Waals surface area contributed by atoms with Crippen molar-refractivity contribution in [3.63, 3.8) is 0 Å². The SMILES string of the molecule is CC1CC(N=[N+]=[N-])C(N=[N+]=[N-])CC1C. The van der Waals surface area contributed by atoms with E-state index in [1.54, 1.807) is 0 Å². The summed E-state index contributed by atoms with van der Waals surface area (Å²) in [4.78, 5) is 5.59. The highest BCUT2D eigenvalue weighted by Gasteiger charge is 2.31. The molecule has 4 unspecified atom stereocenters. The maximum Gasteiger partial charge on any atom is 0.0461 e. The molecule has 0 radical (unpaired) electrons. The number of rotatable bonds is 2. The fourth-order valence-electron chi connectivity index (χ4n) is 1.92. The summed E-state index contributed by atoms with van der Waals surface area (Å²) >= 11 is 0. The molecular weight excluding hydrogens is 180 g/mol. The Bertz CT molecular complexity index is 258. The van der Waals surface area contributed by atoms with Gasteiger partial charge in [0.15, 0.2) is 0 Å². The zero-order valence-electron chi connectivity index (χ0n) is 8.41. The van der Waals surface area contributed by atoms with Gasteiger partial charge in [-0.05, 0) is 35.7 Å². The molecule has 0 amide bonds. The Hall–Kier alpha value is -1.38. The van der Waals surface area contributed by atoms with E-state index in [1.165, 1.54) is 0 Å². The zero-order chi connectivity index (χ0) is 10.6. The third-order valence-electron chi connectivity index (χ3n) is 3.04. The Kier molecular flexibility index (Phi) is 3.63. The molecule has 6 nitrogen and oxygen atoms in total. The summed E-state index contributed by atoms with van der Waals surface area (Å²) in [6.45, 7) is 4.27. The lowest BCUT2D eigenvalue weighted by Crippen LogP contribution is -2.34. The molecule has 0 aromatic carbocycles. The standard InChI is InChI=1S/C8H14N6/c1-5-3-7(11-13-9)8(12-14-10)4-6(5)2/h5-8H,3-4H2,1-2H3. The molecule has 0 aromatic rings. The average molecular weight is 194 g/mol. The third kappa shape index (κ3) is 2.31. The molecule has 0 N–H and O–H groups in total. The molecule has 0 bridgehead atoms. The molecule has 1 aliphatic carbocycles. The van der Waals surface area contributed by atoms with E-state index >= 15 is 0 Å². The summed E-state index contributed by atoms with van der Waals surface area (Å²) < 4.78 is 0. The Morgan fingerprint density at radius 2 is 1.29 bits per heavy atom. The molecule has 0 aromatic heterocycles. The number of hydrogen-bond acceptors (Lipinski definition) is 2. The van der Waals surface area contributed by atoms with E-state index in [0.717, 1.165) is 12.8 Å². The van der Waals surface area contributed by atoms with Crippen molar-refractivity contribution in [3.8, 4) is 0 Å². The first kappa shape index (κ1) is 10.7. The molecule has 1 rings (SSSR count). The van der Waals surface area contributed by atoms with Gasteiger partial charge in [-0.1, -0.05) is 24.1 Å². The van der Waals surface area contributed by atoms with Crippen LogP contribution in [0.3, 0.4) is 0 Å². The molecule has 4 atom stereocenters. The number of nitrogens with zero attached hydrogens (tertiary/aromatic N) is 6. The maximum absolute atomic E-state index is 8.38. The lowest BCUT2D eigenvalue weighted by molar-refractivity contribution is 0.224. The fourth-order valence-corrected chi connectivity index (χ4v) is 1.92. The van der Waals surface area contributed by atoms with Crippen LogP contribution < -0.4 is 0 Å². The molecule has 76 valence electrons. The number of azide groups is 2. The molecule has 1 aliphatic rings. The molecule has 14 heavy (non-hydrogen) atoms. The van der Waals surface area contributed by atoms with Crippen LogP contribution in [0.1, 0.15) is 26.7 Å². The second kappa shape index (κ2) is 4.74. The normalized spacial score (nSPS) is 36.7. The Labute approximate surface area is 82.6 Å². The van der Waals surface area contributed by atoms with Crippen LogP contribution in [0, 0.1) is 11.8 Å². The monoisotopic (exact) mass is 194 g/mol. The van der Waals surface area contributed by atoms with Crippen molar-refractivity contribution in [1.82, 2.24) is 0 Å². The van der Waals surface area contributed by atoms with Crippen LogP contribution in [-0.2, 0) is 0 Å². The van der Waals surface area contributed by atoms with Gasteiger partial charge in [0.1, 0.15) is 0 Å². The van der Waals surface area contributed by atoms with Crippen LogP contribution in [0.4, 0.5) is 0 Å². The summed E-state index contributed by atoms with van der Waals surface area (Å²) in [5, 5.41) is 7.37. The minimum Gasteiger partial charge on any atom is -0.0902 e. The van der Waals surface area contributed by atoms with Crippen molar-refractivity contribution >= 4 is 0 Å². The highest BCUT2D eigenvalue weighted by molar-refractivity contribution is 4.91. The molecule has 6 heteroatoms. The largest absolute Gasteiger partial charge is 0.0902 e. The molecule has 1 fully saturated rings. The summed E-state index contributed by atoms with van der Waals surface area (Å²) in [5.74, 6) is 1.05. The summed E-state index contributed by atoms with van der Waals surface area (Å²) in [5.41, 5.74) is 16.8. The van der Waals surface area contributed by atoms with Crippen LogP contribution >= 0.6 is 0 Å². The second-order valence-corrected chi connectivity index (χ2v) is 3.97. The third-order valence-corrected chi connectivity index (χ3v) is 3.04. The second-order valence-electron chi connectivity index (χ2n) is 3.97. The fraction of sp³-hybridized carbons (Fsp3) is 1.00. The van der Waals surface area contributed by atoms with Gasteiger partial charge in [0, 0.05) is 21.9 Å². The molecule has 1 saturated carbocycles. The van der Waals surface area contributed by atoms with Gasteiger partial charge in [-0.15, -0.1) is 0 Å². The number of hydrogen-bond donors (Lipinski definition) is 0. The zero-order valence-corrected chi connectivity index (χ0v) is 8.41. The topological polar surface area (TPSA) is 97.5 Å². The minimum absolute atomic E-state index is 0.165. The van der Waals surface area contributed by atoms with Gasteiger partial charge in [0.05, 0.1) is 0 Å². The minimum atomic E-state index is -0.165. The Balaban J connectivity index is 2.79.